The van der Waals surface area contributed by atoms with Crippen molar-refractivity contribution in [3.05, 3.63) is 83.9 Å². The van der Waals surface area contributed by atoms with Crippen LogP contribution in [0, 0.1) is 0 Å². The Bertz CT molecular complexity index is 847. The zero-order chi connectivity index (χ0) is 17.8. The molecule has 0 bridgehead atoms. The number of ether oxygens (including phenoxy) is 2. The normalized spacial score (nSPS) is 23.2. The number of hydrogen-bond donors (Lipinski definition) is 2. The summed E-state index contributed by atoms with van der Waals surface area (Å²) in [5.74, 6) is 0. The second kappa shape index (κ2) is 7.98. The quantitative estimate of drug-likeness (QED) is 0.741. The standard InChI is InChI=1S/C22H23NO3/c24-20-15-25-22(17-8-2-1-3-9-17)26-21(20)14-23-13-18-11-6-10-16-7-4-5-12-19(16)18/h1-12,20-24H,13-15H2/t20-,21+,22-/m1/s1. The van der Waals surface area contributed by atoms with Crippen molar-refractivity contribution in [3.8, 4) is 0 Å². The molecule has 134 valence electrons. The van der Waals surface area contributed by atoms with Crippen molar-refractivity contribution in [2.45, 2.75) is 25.0 Å². The Morgan fingerprint density at radius 1 is 0.923 bits per heavy atom. The fraction of sp³-hybridized carbons (Fsp3) is 0.273. The summed E-state index contributed by atoms with van der Waals surface area (Å²) in [4.78, 5) is 0. The lowest BCUT2D eigenvalue weighted by atomic mass is 10.0. The lowest BCUT2D eigenvalue weighted by Crippen LogP contribution is -2.45. The second-order valence-corrected chi connectivity index (χ2v) is 6.59. The topological polar surface area (TPSA) is 50.7 Å². The molecule has 3 aromatic carbocycles. The highest BCUT2D eigenvalue weighted by Crippen LogP contribution is 2.26. The number of fused-ring (bicyclic) bond motifs is 1. The summed E-state index contributed by atoms with van der Waals surface area (Å²) in [6.45, 7) is 1.57. The third kappa shape index (κ3) is 3.79. The zero-order valence-electron chi connectivity index (χ0n) is 14.5. The van der Waals surface area contributed by atoms with Crippen LogP contribution < -0.4 is 5.32 Å². The first-order chi connectivity index (χ1) is 12.8. The number of aliphatic hydroxyl groups is 1. The largest absolute Gasteiger partial charge is 0.388 e. The number of aliphatic hydroxyl groups excluding tert-OH is 1. The summed E-state index contributed by atoms with van der Waals surface area (Å²) in [7, 11) is 0. The van der Waals surface area contributed by atoms with Crippen LogP contribution in [0.15, 0.2) is 72.8 Å². The Labute approximate surface area is 153 Å². The molecule has 1 heterocycles. The van der Waals surface area contributed by atoms with E-state index in [0.29, 0.717) is 6.54 Å². The summed E-state index contributed by atoms with van der Waals surface area (Å²) in [6, 6.07) is 24.5. The molecule has 0 spiro atoms. The molecule has 0 aliphatic carbocycles. The first kappa shape index (κ1) is 17.2. The van der Waals surface area contributed by atoms with Gasteiger partial charge in [0.25, 0.3) is 0 Å². The highest BCUT2D eigenvalue weighted by Gasteiger charge is 2.31. The third-order valence-electron chi connectivity index (χ3n) is 4.76. The van der Waals surface area contributed by atoms with Gasteiger partial charge in [-0.05, 0) is 16.3 Å². The Balaban J connectivity index is 1.39. The van der Waals surface area contributed by atoms with E-state index in [2.05, 4.69) is 47.8 Å². The molecule has 1 aliphatic rings. The van der Waals surface area contributed by atoms with Crippen LogP contribution in [0.5, 0.6) is 0 Å². The molecular formula is C22H23NO3. The van der Waals surface area contributed by atoms with Gasteiger partial charge in [0.1, 0.15) is 12.2 Å². The number of rotatable bonds is 5. The van der Waals surface area contributed by atoms with Crippen LogP contribution in [0.1, 0.15) is 17.4 Å². The minimum Gasteiger partial charge on any atom is -0.388 e. The zero-order valence-corrected chi connectivity index (χ0v) is 14.5. The number of benzene rings is 3. The van der Waals surface area contributed by atoms with E-state index in [4.69, 9.17) is 9.47 Å². The molecule has 4 heteroatoms. The van der Waals surface area contributed by atoms with E-state index >= 15 is 0 Å². The fourth-order valence-corrected chi connectivity index (χ4v) is 3.35. The van der Waals surface area contributed by atoms with E-state index in [-0.39, 0.29) is 12.7 Å². The van der Waals surface area contributed by atoms with Gasteiger partial charge in [-0.2, -0.15) is 0 Å². The highest BCUT2D eigenvalue weighted by molar-refractivity contribution is 5.85. The van der Waals surface area contributed by atoms with Crippen molar-refractivity contribution in [2.24, 2.45) is 0 Å². The smallest absolute Gasteiger partial charge is 0.184 e. The van der Waals surface area contributed by atoms with Gasteiger partial charge in [0.05, 0.1) is 6.61 Å². The van der Waals surface area contributed by atoms with Crippen LogP contribution in [0.2, 0.25) is 0 Å². The average molecular weight is 349 g/mol. The maximum Gasteiger partial charge on any atom is 0.184 e. The highest BCUT2D eigenvalue weighted by atomic mass is 16.7. The van der Waals surface area contributed by atoms with E-state index in [9.17, 15) is 5.11 Å². The van der Waals surface area contributed by atoms with Gasteiger partial charge >= 0.3 is 0 Å². The van der Waals surface area contributed by atoms with Gasteiger partial charge in [-0.25, -0.2) is 0 Å². The molecule has 0 amide bonds. The van der Waals surface area contributed by atoms with E-state index in [1.807, 2.05) is 30.3 Å². The molecule has 4 rings (SSSR count). The molecule has 3 atom stereocenters. The molecule has 0 unspecified atom stereocenters. The van der Waals surface area contributed by atoms with Crippen LogP contribution in [0.3, 0.4) is 0 Å². The van der Waals surface area contributed by atoms with E-state index < -0.39 is 12.4 Å². The van der Waals surface area contributed by atoms with Gasteiger partial charge in [-0.1, -0.05) is 72.8 Å². The molecule has 1 aliphatic heterocycles. The Morgan fingerprint density at radius 3 is 2.58 bits per heavy atom. The van der Waals surface area contributed by atoms with Crippen molar-refractivity contribution in [1.29, 1.82) is 0 Å². The third-order valence-corrected chi connectivity index (χ3v) is 4.76. The van der Waals surface area contributed by atoms with Crippen LogP contribution in [-0.2, 0) is 16.0 Å². The minimum atomic E-state index is -0.630. The van der Waals surface area contributed by atoms with Gasteiger partial charge in [-0.3, -0.25) is 0 Å². The lowest BCUT2D eigenvalue weighted by Gasteiger charge is -2.34. The van der Waals surface area contributed by atoms with Gasteiger partial charge in [-0.15, -0.1) is 0 Å². The number of nitrogens with one attached hydrogen (secondary N) is 1. The predicted molar refractivity (Wildman–Crippen MR) is 102 cm³/mol. The van der Waals surface area contributed by atoms with Gasteiger partial charge in [0.15, 0.2) is 6.29 Å². The summed E-state index contributed by atoms with van der Waals surface area (Å²) in [6.07, 6.45) is -1.36. The summed E-state index contributed by atoms with van der Waals surface area (Å²) >= 11 is 0. The van der Waals surface area contributed by atoms with Crippen molar-refractivity contribution < 1.29 is 14.6 Å². The molecule has 1 fully saturated rings. The molecule has 2 N–H and O–H groups in total. The SMILES string of the molecule is O[C@@H]1CO[C@@H](c2ccccc2)O[C@H]1CNCc1cccc2ccccc12. The lowest BCUT2D eigenvalue weighted by molar-refractivity contribution is -0.255. The molecule has 0 saturated carbocycles. The Morgan fingerprint density at radius 2 is 1.69 bits per heavy atom. The maximum atomic E-state index is 10.2. The van der Waals surface area contributed by atoms with Crippen molar-refractivity contribution in [2.75, 3.05) is 13.2 Å². The van der Waals surface area contributed by atoms with E-state index in [1.165, 1.54) is 16.3 Å². The molecule has 0 radical (unpaired) electrons. The molecular weight excluding hydrogens is 326 g/mol. The number of hydrogen-bond acceptors (Lipinski definition) is 4. The summed E-state index contributed by atoms with van der Waals surface area (Å²) < 4.78 is 11.6. The van der Waals surface area contributed by atoms with Crippen LogP contribution in [0.25, 0.3) is 10.8 Å². The summed E-state index contributed by atoms with van der Waals surface area (Å²) in [5.41, 5.74) is 2.21. The maximum absolute atomic E-state index is 10.2. The molecule has 0 aromatic heterocycles. The van der Waals surface area contributed by atoms with Crippen LogP contribution in [0.4, 0.5) is 0 Å². The van der Waals surface area contributed by atoms with Gasteiger partial charge in [0, 0.05) is 18.7 Å². The van der Waals surface area contributed by atoms with Gasteiger partial charge in [0.2, 0.25) is 0 Å². The van der Waals surface area contributed by atoms with Crippen molar-refractivity contribution in [1.82, 2.24) is 5.32 Å². The molecule has 26 heavy (non-hydrogen) atoms. The van der Waals surface area contributed by atoms with Crippen LogP contribution in [-0.4, -0.2) is 30.5 Å². The van der Waals surface area contributed by atoms with Gasteiger partial charge < -0.3 is 19.9 Å². The Hall–Kier alpha value is -2.24. The molecule has 1 saturated heterocycles. The van der Waals surface area contributed by atoms with Crippen molar-refractivity contribution >= 4 is 10.8 Å². The van der Waals surface area contributed by atoms with E-state index in [0.717, 1.165) is 12.1 Å². The minimum absolute atomic E-state index is 0.278. The van der Waals surface area contributed by atoms with Crippen molar-refractivity contribution in [3.63, 3.8) is 0 Å². The predicted octanol–water partition coefficient (Wildman–Crippen LogP) is 3.40. The van der Waals surface area contributed by atoms with E-state index in [1.54, 1.807) is 0 Å². The first-order valence-corrected chi connectivity index (χ1v) is 8.99. The Kier molecular flexibility index (Phi) is 5.27. The average Bonchev–Trinajstić information content (AvgIpc) is 2.70. The monoisotopic (exact) mass is 349 g/mol. The fourth-order valence-electron chi connectivity index (χ4n) is 3.35. The molecule has 4 nitrogen and oxygen atoms in total. The first-order valence-electron chi connectivity index (χ1n) is 8.99. The summed E-state index contributed by atoms with van der Waals surface area (Å²) in [5, 5.41) is 16.1. The molecule has 3 aromatic rings. The van der Waals surface area contributed by atoms with Crippen LogP contribution >= 0.6 is 0 Å². The second-order valence-electron chi connectivity index (χ2n) is 6.59.